The third kappa shape index (κ3) is 1.88. The van der Waals surface area contributed by atoms with E-state index in [4.69, 9.17) is 5.73 Å². The van der Waals surface area contributed by atoms with Gasteiger partial charge in [0.05, 0.1) is 0 Å². The van der Waals surface area contributed by atoms with Gasteiger partial charge in [0, 0.05) is 16.3 Å². The summed E-state index contributed by atoms with van der Waals surface area (Å²) in [5, 5.41) is 0. The van der Waals surface area contributed by atoms with Crippen LogP contribution in [0.1, 0.15) is 15.3 Å². The van der Waals surface area contributed by atoms with Crippen LogP contribution in [-0.4, -0.2) is 6.54 Å². The molecule has 0 bridgehead atoms. The van der Waals surface area contributed by atoms with E-state index < -0.39 is 5.67 Å². The van der Waals surface area contributed by atoms with Crippen molar-refractivity contribution in [2.45, 2.75) is 12.6 Å². The van der Waals surface area contributed by atoms with Gasteiger partial charge in [-0.15, -0.1) is 11.3 Å². The fourth-order valence-electron chi connectivity index (χ4n) is 1.71. The van der Waals surface area contributed by atoms with Crippen molar-refractivity contribution < 1.29 is 4.39 Å². The molecular weight excluding hydrogens is 221 g/mol. The van der Waals surface area contributed by atoms with Crippen LogP contribution in [0.5, 0.6) is 0 Å². The summed E-state index contributed by atoms with van der Waals surface area (Å²) in [6, 6.07) is 12.8. The van der Waals surface area contributed by atoms with E-state index in [0.717, 1.165) is 4.88 Å². The summed E-state index contributed by atoms with van der Waals surface area (Å²) in [6.07, 6.45) is 0. The second kappa shape index (κ2) is 4.36. The van der Waals surface area contributed by atoms with Crippen LogP contribution in [-0.2, 0) is 5.67 Å². The summed E-state index contributed by atoms with van der Waals surface area (Å²) in [4.78, 5) is 1.78. The van der Waals surface area contributed by atoms with Crippen molar-refractivity contribution in [2.24, 2.45) is 5.73 Å². The molecular formula is C13H14FNS. The Balaban J connectivity index is 2.48. The van der Waals surface area contributed by atoms with E-state index in [1.54, 1.807) is 12.1 Å². The Bertz CT molecular complexity index is 466. The van der Waals surface area contributed by atoms with E-state index >= 15 is 0 Å². The number of nitrogens with two attached hydrogens (primary N) is 1. The SMILES string of the molecule is Cc1ccc(C(F)(CN)c2ccccc2)s1. The molecule has 2 N–H and O–H groups in total. The normalized spacial score (nSPS) is 14.7. The predicted octanol–water partition coefficient (Wildman–Crippen LogP) is 3.23. The van der Waals surface area contributed by atoms with Gasteiger partial charge in [-0.05, 0) is 24.6 Å². The summed E-state index contributed by atoms with van der Waals surface area (Å²) >= 11 is 1.46. The molecule has 1 atom stereocenters. The molecule has 1 aromatic carbocycles. The van der Waals surface area contributed by atoms with E-state index in [0.29, 0.717) is 10.4 Å². The van der Waals surface area contributed by atoms with Gasteiger partial charge in [-0.25, -0.2) is 4.39 Å². The van der Waals surface area contributed by atoms with Crippen LogP contribution in [0, 0.1) is 6.92 Å². The minimum absolute atomic E-state index is 0.0308. The number of alkyl halides is 1. The highest BCUT2D eigenvalue weighted by atomic mass is 32.1. The molecule has 0 aliphatic rings. The Kier molecular flexibility index (Phi) is 3.08. The molecule has 16 heavy (non-hydrogen) atoms. The van der Waals surface area contributed by atoms with Crippen molar-refractivity contribution in [3.63, 3.8) is 0 Å². The van der Waals surface area contributed by atoms with Crippen molar-refractivity contribution >= 4 is 11.3 Å². The molecule has 84 valence electrons. The summed E-state index contributed by atoms with van der Waals surface area (Å²) in [7, 11) is 0. The first-order valence-electron chi connectivity index (χ1n) is 5.18. The van der Waals surface area contributed by atoms with Gasteiger partial charge < -0.3 is 5.73 Å². The maximum absolute atomic E-state index is 14.9. The predicted molar refractivity (Wildman–Crippen MR) is 66.4 cm³/mol. The average Bonchev–Trinajstić information content (AvgIpc) is 2.76. The van der Waals surface area contributed by atoms with Crippen LogP contribution >= 0.6 is 11.3 Å². The zero-order valence-electron chi connectivity index (χ0n) is 9.11. The number of hydrogen-bond acceptors (Lipinski definition) is 2. The summed E-state index contributed by atoms with van der Waals surface area (Å²) in [6.45, 7) is 1.94. The first-order chi connectivity index (χ1) is 7.66. The Morgan fingerprint density at radius 1 is 1.19 bits per heavy atom. The van der Waals surface area contributed by atoms with Crippen molar-refractivity contribution in [3.05, 3.63) is 57.8 Å². The summed E-state index contributed by atoms with van der Waals surface area (Å²) in [5.41, 5.74) is 4.68. The number of rotatable bonds is 3. The fourth-order valence-corrected chi connectivity index (χ4v) is 2.69. The Morgan fingerprint density at radius 3 is 2.38 bits per heavy atom. The minimum atomic E-state index is -1.56. The highest BCUT2D eigenvalue weighted by Crippen LogP contribution is 2.36. The third-order valence-electron chi connectivity index (χ3n) is 2.64. The molecule has 0 saturated carbocycles. The monoisotopic (exact) mass is 235 g/mol. The highest BCUT2D eigenvalue weighted by molar-refractivity contribution is 7.12. The number of halogens is 1. The standard InChI is InChI=1S/C13H14FNS/c1-10-7-8-12(16-10)13(14,9-15)11-5-3-2-4-6-11/h2-8H,9,15H2,1H3. The lowest BCUT2D eigenvalue weighted by Gasteiger charge is -2.22. The molecule has 1 nitrogen and oxygen atoms in total. The van der Waals surface area contributed by atoms with Crippen LogP contribution in [0.3, 0.4) is 0 Å². The Hall–Kier alpha value is -1.19. The molecule has 1 aromatic heterocycles. The van der Waals surface area contributed by atoms with E-state index in [-0.39, 0.29) is 6.54 Å². The number of hydrogen-bond donors (Lipinski definition) is 1. The van der Waals surface area contributed by atoms with Gasteiger partial charge in [0.1, 0.15) is 0 Å². The molecule has 0 aliphatic heterocycles. The van der Waals surface area contributed by atoms with E-state index in [9.17, 15) is 4.39 Å². The van der Waals surface area contributed by atoms with Gasteiger partial charge in [0.2, 0.25) is 0 Å². The average molecular weight is 235 g/mol. The number of aryl methyl sites for hydroxylation is 1. The van der Waals surface area contributed by atoms with Crippen LogP contribution in [0.2, 0.25) is 0 Å². The van der Waals surface area contributed by atoms with Crippen molar-refractivity contribution in [3.8, 4) is 0 Å². The lowest BCUT2D eigenvalue weighted by molar-refractivity contribution is 0.238. The van der Waals surface area contributed by atoms with E-state index in [2.05, 4.69) is 0 Å². The van der Waals surface area contributed by atoms with Crippen LogP contribution in [0.15, 0.2) is 42.5 Å². The van der Waals surface area contributed by atoms with E-state index in [1.165, 1.54) is 11.3 Å². The first kappa shape index (κ1) is 11.3. The Labute approximate surface area is 98.7 Å². The van der Waals surface area contributed by atoms with Crippen molar-refractivity contribution in [1.82, 2.24) is 0 Å². The molecule has 1 unspecified atom stereocenters. The number of thiophene rings is 1. The quantitative estimate of drug-likeness (QED) is 0.868. The van der Waals surface area contributed by atoms with Gasteiger partial charge in [-0.3, -0.25) is 0 Å². The molecule has 2 rings (SSSR count). The minimum Gasteiger partial charge on any atom is -0.327 e. The molecule has 0 spiro atoms. The van der Waals surface area contributed by atoms with Crippen LogP contribution in [0.25, 0.3) is 0 Å². The highest BCUT2D eigenvalue weighted by Gasteiger charge is 2.33. The molecule has 2 aromatic rings. The number of benzene rings is 1. The van der Waals surface area contributed by atoms with Gasteiger partial charge >= 0.3 is 0 Å². The van der Waals surface area contributed by atoms with Crippen LogP contribution in [0.4, 0.5) is 4.39 Å². The Morgan fingerprint density at radius 2 is 1.88 bits per heavy atom. The van der Waals surface area contributed by atoms with Crippen LogP contribution < -0.4 is 5.73 Å². The molecule has 0 amide bonds. The zero-order chi connectivity index (χ0) is 11.6. The molecule has 0 aliphatic carbocycles. The topological polar surface area (TPSA) is 26.0 Å². The zero-order valence-corrected chi connectivity index (χ0v) is 9.93. The van der Waals surface area contributed by atoms with Crippen molar-refractivity contribution in [1.29, 1.82) is 0 Å². The molecule has 0 fully saturated rings. The summed E-state index contributed by atoms with van der Waals surface area (Å²) in [5.74, 6) is 0. The summed E-state index contributed by atoms with van der Waals surface area (Å²) < 4.78 is 14.9. The second-order valence-corrected chi connectivity index (χ2v) is 5.07. The maximum atomic E-state index is 14.9. The smallest absolute Gasteiger partial charge is 0.182 e. The maximum Gasteiger partial charge on any atom is 0.182 e. The fraction of sp³-hybridized carbons (Fsp3) is 0.231. The van der Waals surface area contributed by atoms with Gasteiger partial charge in [0.15, 0.2) is 5.67 Å². The second-order valence-electron chi connectivity index (χ2n) is 3.78. The van der Waals surface area contributed by atoms with E-state index in [1.807, 2.05) is 37.3 Å². The van der Waals surface area contributed by atoms with Crippen molar-refractivity contribution in [2.75, 3.05) is 6.54 Å². The third-order valence-corrected chi connectivity index (χ3v) is 3.78. The first-order valence-corrected chi connectivity index (χ1v) is 6.00. The van der Waals surface area contributed by atoms with Gasteiger partial charge in [-0.1, -0.05) is 30.3 Å². The van der Waals surface area contributed by atoms with Gasteiger partial charge in [0.25, 0.3) is 0 Å². The lowest BCUT2D eigenvalue weighted by atomic mass is 9.94. The molecule has 3 heteroatoms. The van der Waals surface area contributed by atoms with Gasteiger partial charge in [-0.2, -0.15) is 0 Å². The largest absolute Gasteiger partial charge is 0.327 e. The lowest BCUT2D eigenvalue weighted by Crippen LogP contribution is -2.30. The molecule has 0 radical (unpaired) electrons. The molecule has 0 saturated heterocycles. The molecule has 1 heterocycles.